The minimum atomic E-state index is -0.240. The van der Waals surface area contributed by atoms with Gasteiger partial charge in [-0.15, -0.1) is 11.8 Å². The smallest absolute Gasteiger partial charge is 0.243 e. The van der Waals surface area contributed by atoms with Crippen molar-refractivity contribution in [2.24, 2.45) is 11.7 Å². The Kier molecular flexibility index (Phi) is 5.14. The average Bonchev–Trinajstić information content (AvgIpc) is 2.86. The van der Waals surface area contributed by atoms with E-state index in [9.17, 15) is 4.39 Å². The number of hydrogen-bond donors (Lipinski definition) is 1. The van der Waals surface area contributed by atoms with E-state index in [4.69, 9.17) is 10.3 Å². The second-order valence-electron chi connectivity index (χ2n) is 5.03. The van der Waals surface area contributed by atoms with Crippen LogP contribution in [-0.2, 0) is 5.75 Å². The Labute approximate surface area is 121 Å². The molecule has 0 aliphatic rings. The summed E-state index contributed by atoms with van der Waals surface area (Å²) in [6.07, 6.45) is 0.812. The first-order valence-electron chi connectivity index (χ1n) is 6.51. The van der Waals surface area contributed by atoms with Gasteiger partial charge in [0.05, 0.1) is 11.8 Å². The van der Waals surface area contributed by atoms with Gasteiger partial charge in [-0.3, -0.25) is 0 Å². The molecule has 2 N–H and O–H groups in total. The lowest BCUT2D eigenvalue weighted by Crippen LogP contribution is -2.13. The molecule has 0 saturated carbocycles. The highest BCUT2D eigenvalue weighted by Gasteiger charge is 2.16. The van der Waals surface area contributed by atoms with Crippen LogP contribution in [0.3, 0.4) is 0 Å². The summed E-state index contributed by atoms with van der Waals surface area (Å²) < 4.78 is 18.0. The van der Waals surface area contributed by atoms with E-state index in [0.29, 0.717) is 23.4 Å². The third kappa shape index (κ3) is 4.31. The normalized spacial score (nSPS) is 12.8. The van der Waals surface area contributed by atoms with Crippen LogP contribution in [0.1, 0.15) is 38.0 Å². The minimum Gasteiger partial charge on any atom is -0.338 e. The first-order chi connectivity index (χ1) is 9.54. The largest absolute Gasteiger partial charge is 0.338 e. The predicted molar refractivity (Wildman–Crippen MR) is 76.6 cm³/mol. The first-order valence-corrected chi connectivity index (χ1v) is 7.49. The van der Waals surface area contributed by atoms with Crippen LogP contribution in [0.4, 0.5) is 4.39 Å². The van der Waals surface area contributed by atoms with Crippen LogP contribution in [0.25, 0.3) is 0 Å². The van der Waals surface area contributed by atoms with E-state index < -0.39 is 0 Å². The molecule has 0 aliphatic heterocycles. The molecule has 1 unspecified atom stereocenters. The molecule has 6 heteroatoms. The maximum absolute atomic E-state index is 12.8. The SMILES string of the molecule is CC(C)CC(N)c1nc(CSc2ccc(F)cc2)no1. The lowest BCUT2D eigenvalue weighted by molar-refractivity contribution is 0.333. The van der Waals surface area contributed by atoms with Crippen molar-refractivity contribution >= 4 is 11.8 Å². The summed E-state index contributed by atoms with van der Waals surface area (Å²) in [6.45, 7) is 4.20. The first kappa shape index (κ1) is 15.0. The highest BCUT2D eigenvalue weighted by atomic mass is 32.2. The maximum Gasteiger partial charge on any atom is 0.243 e. The Morgan fingerprint density at radius 3 is 2.65 bits per heavy atom. The van der Waals surface area contributed by atoms with Crippen LogP contribution in [0, 0.1) is 11.7 Å². The molecule has 0 radical (unpaired) electrons. The summed E-state index contributed by atoms with van der Waals surface area (Å²) in [4.78, 5) is 5.26. The van der Waals surface area contributed by atoms with Gasteiger partial charge in [-0.2, -0.15) is 4.98 Å². The molecule has 2 aromatic rings. The van der Waals surface area contributed by atoms with Gasteiger partial charge in [-0.25, -0.2) is 4.39 Å². The topological polar surface area (TPSA) is 64.9 Å². The predicted octanol–water partition coefficient (Wildman–Crippen LogP) is 3.55. The zero-order valence-corrected chi connectivity index (χ0v) is 12.4. The van der Waals surface area contributed by atoms with Gasteiger partial charge < -0.3 is 10.3 Å². The van der Waals surface area contributed by atoms with Crippen molar-refractivity contribution in [3.63, 3.8) is 0 Å². The number of thioether (sulfide) groups is 1. The Bertz CT molecular complexity index is 542. The molecule has 20 heavy (non-hydrogen) atoms. The van der Waals surface area contributed by atoms with Gasteiger partial charge >= 0.3 is 0 Å². The fourth-order valence-corrected chi connectivity index (χ4v) is 2.51. The van der Waals surface area contributed by atoms with E-state index >= 15 is 0 Å². The minimum absolute atomic E-state index is 0.216. The number of nitrogens with zero attached hydrogens (tertiary/aromatic N) is 2. The second kappa shape index (κ2) is 6.85. The number of benzene rings is 1. The Balaban J connectivity index is 1.91. The molecule has 0 saturated heterocycles. The molecular formula is C14H18FN3OS. The molecule has 0 aliphatic carbocycles. The standard InChI is InChI=1S/C14H18FN3OS/c1-9(2)7-12(16)14-17-13(18-19-14)8-20-11-5-3-10(15)4-6-11/h3-6,9,12H,7-8,16H2,1-2H3. The molecule has 4 nitrogen and oxygen atoms in total. The molecular weight excluding hydrogens is 277 g/mol. The van der Waals surface area contributed by atoms with Crippen LogP contribution in [0.5, 0.6) is 0 Å². The lowest BCUT2D eigenvalue weighted by atomic mass is 10.0. The molecule has 0 spiro atoms. The molecule has 0 bridgehead atoms. The zero-order valence-electron chi connectivity index (χ0n) is 11.5. The third-order valence-electron chi connectivity index (χ3n) is 2.71. The van der Waals surface area contributed by atoms with Crippen molar-refractivity contribution in [2.75, 3.05) is 0 Å². The highest BCUT2D eigenvalue weighted by Crippen LogP contribution is 2.23. The molecule has 2 rings (SSSR count). The second-order valence-corrected chi connectivity index (χ2v) is 6.08. The van der Waals surface area contributed by atoms with Gasteiger partial charge in [0.1, 0.15) is 5.82 Å². The van der Waals surface area contributed by atoms with Gasteiger partial charge in [-0.1, -0.05) is 19.0 Å². The summed E-state index contributed by atoms with van der Waals surface area (Å²) in [6, 6.07) is 6.11. The van der Waals surface area contributed by atoms with E-state index in [1.165, 1.54) is 23.9 Å². The van der Waals surface area contributed by atoms with Crippen molar-refractivity contribution in [3.8, 4) is 0 Å². The number of halogens is 1. The molecule has 108 valence electrons. The zero-order chi connectivity index (χ0) is 14.5. The van der Waals surface area contributed by atoms with Crippen LogP contribution in [0.15, 0.2) is 33.7 Å². The molecule has 1 aromatic heterocycles. The fraction of sp³-hybridized carbons (Fsp3) is 0.429. The Hall–Kier alpha value is -1.40. The van der Waals surface area contributed by atoms with Crippen molar-refractivity contribution in [1.82, 2.24) is 10.1 Å². The summed E-state index contributed by atoms with van der Waals surface area (Å²) in [5.74, 6) is 1.90. The van der Waals surface area contributed by atoms with Gasteiger partial charge in [-0.05, 0) is 36.6 Å². The van der Waals surface area contributed by atoms with E-state index in [1.807, 2.05) is 0 Å². The summed E-state index contributed by atoms with van der Waals surface area (Å²) in [5.41, 5.74) is 5.99. The molecule has 1 heterocycles. The third-order valence-corrected chi connectivity index (χ3v) is 3.72. The van der Waals surface area contributed by atoms with E-state index in [0.717, 1.165) is 11.3 Å². The summed E-state index contributed by atoms with van der Waals surface area (Å²) >= 11 is 1.53. The number of aromatic nitrogens is 2. The van der Waals surface area contributed by atoms with Crippen LogP contribution >= 0.6 is 11.8 Å². The summed E-state index contributed by atoms with van der Waals surface area (Å²) in [5, 5.41) is 3.92. The molecule has 1 atom stereocenters. The monoisotopic (exact) mass is 295 g/mol. The van der Waals surface area contributed by atoms with Crippen LogP contribution < -0.4 is 5.73 Å². The highest BCUT2D eigenvalue weighted by molar-refractivity contribution is 7.98. The number of hydrogen-bond acceptors (Lipinski definition) is 5. The van der Waals surface area contributed by atoms with Crippen molar-refractivity contribution in [2.45, 2.75) is 37.0 Å². The van der Waals surface area contributed by atoms with Gasteiger partial charge in [0.15, 0.2) is 5.82 Å². The van der Waals surface area contributed by atoms with Crippen LogP contribution in [-0.4, -0.2) is 10.1 Å². The van der Waals surface area contributed by atoms with Crippen LogP contribution in [0.2, 0.25) is 0 Å². The quantitative estimate of drug-likeness (QED) is 0.826. The lowest BCUT2D eigenvalue weighted by Gasteiger charge is -2.08. The van der Waals surface area contributed by atoms with E-state index in [1.54, 1.807) is 12.1 Å². The number of nitrogens with two attached hydrogens (primary N) is 1. The molecule has 0 fully saturated rings. The summed E-state index contributed by atoms with van der Waals surface area (Å²) in [7, 11) is 0. The van der Waals surface area contributed by atoms with Gasteiger partial charge in [0.25, 0.3) is 0 Å². The van der Waals surface area contributed by atoms with E-state index in [-0.39, 0.29) is 11.9 Å². The Morgan fingerprint density at radius 2 is 2.00 bits per heavy atom. The van der Waals surface area contributed by atoms with Crippen molar-refractivity contribution < 1.29 is 8.91 Å². The van der Waals surface area contributed by atoms with Crippen molar-refractivity contribution in [1.29, 1.82) is 0 Å². The fourth-order valence-electron chi connectivity index (χ4n) is 1.76. The Morgan fingerprint density at radius 1 is 1.30 bits per heavy atom. The average molecular weight is 295 g/mol. The maximum atomic E-state index is 12.8. The molecule has 1 aromatic carbocycles. The molecule has 0 amide bonds. The van der Waals surface area contributed by atoms with E-state index in [2.05, 4.69) is 24.0 Å². The van der Waals surface area contributed by atoms with Crippen molar-refractivity contribution in [3.05, 3.63) is 41.8 Å². The number of rotatable bonds is 6. The van der Waals surface area contributed by atoms with Gasteiger partial charge in [0, 0.05) is 4.90 Å². The van der Waals surface area contributed by atoms with Gasteiger partial charge in [0.2, 0.25) is 5.89 Å².